The number of nitrogens with zero attached hydrogens (tertiary/aromatic N) is 1. The van der Waals surface area contributed by atoms with Crippen molar-refractivity contribution >= 4 is 32.1 Å². The quantitative estimate of drug-likeness (QED) is 0.275. The van der Waals surface area contributed by atoms with E-state index in [0.29, 0.717) is 17.4 Å². The van der Waals surface area contributed by atoms with Crippen molar-refractivity contribution in [3.63, 3.8) is 0 Å². The van der Waals surface area contributed by atoms with Gasteiger partial charge in [-0.25, -0.2) is 0 Å². The van der Waals surface area contributed by atoms with Gasteiger partial charge in [-0.2, -0.15) is 5.26 Å². The number of nitriles is 1. The zero-order valence-corrected chi connectivity index (χ0v) is 21.2. The van der Waals surface area contributed by atoms with Crippen molar-refractivity contribution in [3.05, 3.63) is 71.3 Å². The summed E-state index contributed by atoms with van der Waals surface area (Å²) in [7, 11) is 0. The van der Waals surface area contributed by atoms with Gasteiger partial charge in [-0.15, -0.1) is 22.7 Å². The summed E-state index contributed by atoms with van der Waals surface area (Å²) in [4.78, 5) is 2.70. The second-order valence-corrected chi connectivity index (χ2v) is 11.7. The zero-order valence-electron chi connectivity index (χ0n) is 19.6. The van der Waals surface area contributed by atoms with Crippen LogP contribution in [-0.4, -0.2) is 0 Å². The van der Waals surface area contributed by atoms with Crippen LogP contribution in [0.3, 0.4) is 0 Å². The monoisotopic (exact) mass is 469 g/mol. The van der Waals surface area contributed by atoms with Gasteiger partial charge in [0.1, 0.15) is 0 Å². The number of benzene rings is 2. The van der Waals surface area contributed by atoms with Crippen LogP contribution in [0.5, 0.6) is 0 Å². The van der Waals surface area contributed by atoms with Gasteiger partial charge in [0.2, 0.25) is 0 Å². The van der Waals surface area contributed by atoms with E-state index in [2.05, 4.69) is 62.4 Å². The van der Waals surface area contributed by atoms with Crippen LogP contribution >= 0.6 is 22.7 Å². The van der Waals surface area contributed by atoms with Gasteiger partial charge >= 0.3 is 0 Å². The molecule has 5 rings (SSSR count). The average molecular weight is 470 g/mol. The molecule has 1 unspecified atom stereocenters. The van der Waals surface area contributed by atoms with Gasteiger partial charge in [0.05, 0.1) is 11.6 Å². The maximum absolute atomic E-state index is 9.06. The molecule has 2 aromatic heterocycles. The number of thiophene rings is 2. The van der Waals surface area contributed by atoms with E-state index in [1.54, 1.807) is 5.56 Å². The maximum atomic E-state index is 9.06. The highest BCUT2D eigenvalue weighted by atomic mass is 32.1. The first-order valence-electron chi connectivity index (χ1n) is 12.3. The smallest absolute Gasteiger partial charge is 0.0991 e. The SMILES string of the molecule is CCCC(C)c1ccc(-c2cc3sc(-c4ccc(C#N)cc4)cc3s2)c(C2CCCCC2)c1. The predicted molar refractivity (Wildman–Crippen MR) is 144 cm³/mol. The van der Waals surface area contributed by atoms with Crippen molar-refractivity contribution in [2.24, 2.45) is 0 Å². The Morgan fingerprint density at radius 1 is 0.909 bits per heavy atom. The third-order valence-corrected chi connectivity index (χ3v) is 9.56. The predicted octanol–water partition coefficient (Wildman–Crippen LogP) is 10.1. The van der Waals surface area contributed by atoms with Crippen LogP contribution in [0.25, 0.3) is 30.3 Å². The summed E-state index contributed by atoms with van der Waals surface area (Å²) in [6.07, 6.45) is 9.30. The molecule has 0 amide bonds. The molecule has 0 bridgehead atoms. The summed E-state index contributed by atoms with van der Waals surface area (Å²) in [5.74, 6) is 1.34. The molecule has 0 aliphatic heterocycles. The Morgan fingerprint density at radius 2 is 1.61 bits per heavy atom. The lowest BCUT2D eigenvalue weighted by Gasteiger charge is -2.25. The van der Waals surface area contributed by atoms with Crippen molar-refractivity contribution in [1.29, 1.82) is 5.26 Å². The number of hydrogen-bond donors (Lipinski definition) is 0. The molecule has 3 heteroatoms. The van der Waals surface area contributed by atoms with Gasteiger partial charge in [0.15, 0.2) is 0 Å². The van der Waals surface area contributed by atoms with Crippen molar-refractivity contribution < 1.29 is 0 Å². The lowest BCUT2D eigenvalue weighted by atomic mass is 9.80. The maximum Gasteiger partial charge on any atom is 0.0991 e. The summed E-state index contributed by atoms with van der Waals surface area (Å²) in [5, 5.41) is 9.06. The van der Waals surface area contributed by atoms with Crippen molar-refractivity contribution in [3.8, 4) is 27.0 Å². The van der Waals surface area contributed by atoms with Crippen molar-refractivity contribution in [1.82, 2.24) is 0 Å². The van der Waals surface area contributed by atoms with E-state index >= 15 is 0 Å². The van der Waals surface area contributed by atoms with E-state index < -0.39 is 0 Å². The van der Waals surface area contributed by atoms with Gasteiger partial charge < -0.3 is 0 Å². The van der Waals surface area contributed by atoms with Crippen LogP contribution in [0.4, 0.5) is 0 Å². The first-order chi connectivity index (χ1) is 16.2. The number of fused-ring (bicyclic) bond motifs is 1. The highest BCUT2D eigenvalue weighted by Gasteiger charge is 2.22. The molecule has 0 saturated heterocycles. The summed E-state index contributed by atoms with van der Waals surface area (Å²) in [5.41, 5.74) is 6.48. The highest BCUT2D eigenvalue weighted by molar-refractivity contribution is 7.31. The third kappa shape index (κ3) is 4.65. The van der Waals surface area contributed by atoms with E-state index in [9.17, 15) is 0 Å². The fourth-order valence-electron chi connectivity index (χ4n) is 5.28. The zero-order chi connectivity index (χ0) is 22.8. The largest absolute Gasteiger partial charge is 0.192 e. The second kappa shape index (κ2) is 9.84. The summed E-state index contributed by atoms with van der Waals surface area (Å²) < 4.78 is 2.74. The van der Waals surface area contributed by atoms with Gasteiger partial charge in [-0.05, 0) is 77.6 Å². The van der Waals surface area contributed by atoms with E-state index in [1.165, 1.54) is 80.8 Å². The topological polar surface area (TPSA) is 23.8 Å². The Hall–Kier alpha value is -2.41. The normalized spacial score (nSPS) is 15.5. The molecule has 2 aromatic carbocycles. The first kappa shape index (κ1) is 22.4. The fourth-order valence-corrected chi connectivity index (χ4v) is 7.73. The Balaban J connectivity index is 1.51. The van der Waals surface area contributed by atoms with Crippen LogP contribution in [-0.2, 0) is 0 Å². The molecule has 33 heavy (non-hydrogen) atoms. The van der Waals surface area contributed by atoms with Crippen LogP contribution in [0.1, 0.15) is 87.3 Å². The Bertz CT molecular complexity index is 1250. The Labute approximate surface area is 205 Å². The van der Waals surface area contributed by atoms with Gasteiger partial charge in [-0.1, -0.05) is 69.9 Å². The molecule has 0 spiro atoms. The van der Waals surface area contributed by atoms with Gasteiger partial charge in [0, 0.05) is 19.2 Å². The van der Waals surface area contributed by atoms with Crippen LogP contribution in [0, 0.1) is 11.3 Å². The van der Waals surface area contributed by atoms with Crippen LogP contribution in [0.15, 0.2) is 54.6 Å². The van der Waals surface area contributed by atoms with Crippen molar-refractivity contribution in [2.75, 3.05) is 0 Å². The molecular weight excluding hydrogens is 438 g/mol. The van der Waals surface area contributed by atoms with Crippen molar-refractivity contribution in [2.45, 2.75) is 70.6 Å². The van der Waals surface area contributed by atoms with Gasteiger partial charge in [-0.3, -0.25) is 0 Å². The molecule has 1 saturated carbocycles. The molecule has 0 N–H and O–H groups in total. The van der Waals surface area contributed by atoms with E-state index in [0.717, 1.165) is 0 Å². The first-order valence-corrected chi connectivity index (χ1v) is 14.0. The molecule has 4 aromatic rings. The lowest BCUT2D eigenvalue weighted by Crippen LogP contribution is -2.07. The Morgan fingerprint density at radius 3 is 2.30 bits per heavy atom. The van der Waals surface area contributed by atoms with Crippen LogP contribution < -0.4 is 0 Å². The van der Waals surface area contributed by atoms with E-state index in [-0.39, 0.29) is 0 Å². The van der Waals surface area contributed by atoms with E-state index in [1.807, 2.05) is 34.8 Å². The standard InChI is InChI=1S/C30H31NS2/c1-3-7-20(2)24-14-15-25(26(16-24)22-8-5-4-6-9-22)28-18-30-29(33-28)17-27(32-30)23-12-10-21(19-31)11-13-23/h10-18,20,22H,3-9H2,1-2H3. The minimum Gasteiger partial charge on any atom is -0.192 e. The summed E-state index contributed by atoms with van der Waals surface area (Å²) in [6, 6.07) is 22.3. The minimum atomic E-state index is 0.633. The average Bonchev–Trinajstić information content (AvgIpc) is 3.44. The summed E-state index contributed by atoms with van der Waals surface area (Å²) in [6.45, 7) is 4.67. The molecule has 0 radical (unpaired) electrons. The molecule has 1 nitrogen and oxygen atoms in total. The minimum absolute atomic E-state index is 0.633. The molecule has 1 aliphatic carbocycles. The molecular formula is C30H31NS2. The highest BCUT2D eigenvalue weighted by Crippen LogP contribution is 2.46. The summed E-state index contributed by atoms with van der Waals surface area (Å²) >= 11 is 3.80. The lowest BCUT2D eigenvalue weighted by molar-refractivity contribution is 0.444. The van der Waals surface area contributed by atoms with E-state index in [4.69, 9.17) is 5.26 Å². The molecule has 1 atom stereocenters. The van der Waals surface area contributed by atoms with Gasteiger partial charge in [0.25, 0.3) is 0 Å². The number of hydrogen-bond acceptors (Lipinski definition) is 3. The molecule has 168 valence electrons. The number of rotatable bonds is 6. The molecule has 1 fully saturated rings. The Kier molecular flexibility index (Phi) is 6.67. The fraction of sp³-hybridized carbons (Fsp3) is 0.367. The second-order valence-electron chi connectivity index (χ2n) is 9.51. The third-order valence-electron chi connectivity index (χ3n) is 7.18. The molecule has 1 aliphatic rings. The molecule has 2 heterocycles. The van der Waals surface area contributed by atoms with Crippen LogP contribution in [0.2, 0.25) is 0 Å².